The van der Waals surface area contributed by atoms with Crippen LogP contribution in [-0.2, 0) is 5.41 Å². The van der Waals surface area contributed by atoms with Crippen LogP contribution in [0.4, 0.5) is 56.9 Å². The molecular weight excluding hydrogens is 1470 g/mol. The normalized spacial score (nSPS) is 16.6. The molecule has 0 N–H and O–H groups in total. The molecule has 2 aliphatic carbocycles. The van der Waals surface area contributed by atoms with Crippen LogP contribution in [0.5, 0.6) is 11.5 Å². The van der Waals surface area contributed by atoms with Gasteiger partial charge in [-0.25, -0.2) is 0 Å². The molecule has 4 fully saturated rings. The summed E-state index contributed by atoms with van der Waals surface area (Å²) < 4.78 is 8.35. The molecule has 0 amide bonds. The number of ether oxygens (including phenoxy) is 1. The van der Waals surface area contributed by atoms with Gasteiger partial charge in [-0.05, 0) is 221 Å². The first kappa shape index (κ1) is 71.9. The quantitative estimate of drug-likeness (QED) is 0.107. The van der Waals surface area contributed by atoms with E-state index < -0.39 is 0 Å². The Morgan fingerprint density at radius 2 is 0.549 bits per heavy atom. The topological polar surface area (TPSA) is 22.2 Å². The van der Waals surface area contributed by atoms with E-state index in [1.807, 2.05) is 0 Å². The van der Waals surface area contributed by atoms with Gasteiger partial charge >= 0.3 is 0 Å². The van der Waals surface area contributed by atoms with Crippen molar-refractivity contribution in [2.45, 2.75) is 70.4 Å². The highest BCUT2D eigenvalue weighted by Gasteiger charge is 2.52. The molecule has 17 aromatic rings. The summed E-state index contributed by atoms with van der Waals surface area (Å²) in [7, 11) is 0. The summed E-state index contributed by atoms with van der Waals surface area (Å²) in [6.45, 7) is 6.64. The zero-order valence-corrected chi connectivity index (χ0v) is 68.7. The largest absolute Gasteiger partial charge is 0.458 e. The molecule has 580 valence electrons. The standard InChI is InChI=1S/C115H88B2N4O/c1-115(2,3)88-68-105-110-106(69-88)121(114-96(83-49-27-11-28-50-83)66-87(78-39-17-6-18-40-78)67-97(114)84-51-29-12-30-52-84)104-73-108-101(72-100(104)116(110)98-53-31-33-55-102(98)119(105)112-92(79-41-19-7-20-42-79)62-85(76-35-13-4-14-36-76)63-93(112)80-43-21-8-22-44-80)117-99-54-32-34-56-103(99)120(107-70-91(71-109(122-108)111(107)117)118-89-58-74-57-75(60-89)61-90(118)59-74)113-94(81-45-23-9-24-46-81)64-86(77-37-15-5-16-38-77)65-95(113)82-47-25-10-26-48-82/h4-56,62-75,89-90H,57-61H2,1-3H3. The Balaban J connectivity index is 0.823. The van der Waals surface area contributed by atoms with Crippen LogP contribution in [0.15, 0.2) is 394 Å². The maximum absolute atomic E-state index is 8.35. The second-order valence-electron chi connectivity index (χ2n) is 35.8. The van der Waals surface area contributed by atoms with Crippen LogP contribution in [0.1, 0.15) is 58.4 Å². The van der Waals surface area contributed by atoms with E-state index in [2.05, 4.69) is 435 Å². The van der Waals surface area contributed by atoms with Crippen molar-refractivity contribution in [3.05, 3.63) is 400 Å². The lowest BCUT2D eigenvalue weighted by molar-refractivity contribution is 0.0900. The highest BCUT2D eigenvalue weighted by atomic mass is 16.5. The molecular formula is C115H88B2N4O. The lowest BCUT2D eigenvalue weighted by Gasteiger charge is -2.57. The van der Waals surface area contributed by atoms with Gasteiger partial charge in [0.15, 0.2) is 0 Å². The highest BCUT2D eigenvalue weighted by molar-refractivity contribution is 7.02. The number of hydrogen-bond acceptors (Lipinski definition) is 5. The fourth-order valence-corrected chi connectivity index (χ4v) is 22.4. The molecule has 17 aromatic carbocycles. The Hall–Kier alpha value is -14.1. The molecule has 0 spiro atoms. The molecule has 6 aliphatic heterocycles. The SMILES string of the molecule is CC(C)(C)c1cc2c3c(c1)N(c1c(-c4ccccc4)cc(-c4ccccc4)cc1-c1ccccc1)c1cc4c(cc1B3c1ccccc1N2c1c(-c2ccccc2)cc(-c2ccccc2)cc1-c1ccccc1)B1c2ccccc2N(c2c(-c3ccccc3)cc(-c3ccccc3)cc2-c2ccccc2)c2cc(N3C5CC6CC(C5)CC3C6)cc(c21)O4. The third-order valence-electron chi connectivity index (χ3n) is 27.6. The van der Waals surface area contributed by atoms with Gasteiger partial charge in [-0.1, -0.05) is 336 Å². The second-order valence-corrected chi connectivity index (χ2v) is 35.8. The number of para-hydroxylation sites is 2. The molecule has 0 aromatic heterocycles. The summed E-state index contributed by atoms with van der Waals surface area (Å²) in [5, 5.41) is 0. The minimum absolute atomic E-state index is 0.268. The molecule has 0 atom stereocenters. The summed E-state index contributed by atoms with van der Waals surface area (Å²) in [5.74, 6) is 3.31. The number of benzene rings is 17. The molecule has 7 heteroatoms. The fourth-order valence-electron chi connectivity index (χ4n) is 22.4. The first-order valence-corrected chi connectivity index (χ1v) is 43.8. The number of piperidine rings is 2. The maximum Gasteiger partial charge on any atom is 0.256 e. The Bertz CT molecular complexity index is 6750. The second kappa shape index (κ2) is 28.8. The van der Waals surface area contributed by atoms with E-state index in [0.717, 1.165) is 169 Å². The van der Waals surface area contributed by atoms with Crippen LogP contribution in [0.2, 0.25) is 0 Å². The third kappa shape index (κ3) is 11.8. The Labute approximate surface area is 716 Å². The molecule has 6 heterocycles. The summed E-state index contributed by atoms with van der Waals surface area (Å²) in [6.07, 6.45) is 6.27. The van der Waals surface area contributed by atoms with Crippen molar-refractivity contribution < 1.29 is 4.74 Å². The molecule has 4 bridgehead atoms. The van der Waals surface area contributed by atoms with Crippen molar-refractivity contribution in [1.82, 2.24) is 0 Å². The molecule has 122 heavy (non-hydrogen) atoms. The van der Waals surface area contributed by atoms with Crippen molar-refractivity contribution in [2.24, 2.45) is 11.8 Å². The van der Waals surface area contributed by atoms with Gasteiger partial charge in [0.25, 0.3) is 13.4 Å². The number of anilines is 10. The first-order chi connectivity index (χ1) is 60.1. The zero-order valence-electron chi connectivity index (χ0n) is 68.7. The van der Waals surface area contributed by atoms with Gasteiger partial charge in [0.1, 0.15) is 11.5 Å². The van der Waals surface area contributed by atoms with Crippen LogP contribution >= 0.6 is 0 Å². The van der Waals surface area contributed by atoms with Gasteiger partial charge in [-0.2, -0.15) is 0 Å². The van der Waals surface area contributed by atoms with E-state index in [-0.39, 0.29) is 18.8 Å². The molecule has 2 saturated carbocycles. The van der Waals surface area contributed by atoms with E-state index in [9.17, 15) is 0 Å². The van der Waals surface area contributed by atoms with Crippen molar-refractivity contribution in [1.29, 1.82) is 0 Å². The zero-order chi connectivity index (χ0) is 80.8. The third-order valence-corrected chi connectivity index (χ3v) is 27.6. The van der Waals surface area contributed by atoms with Gasteiger partial charge in [0.2, 0.25) is 0 Å². The molecule has 8 aliphatic rings. The first-order valence-electron chi connectivity index (χ1n) is 43.8. The van der Waals surface area contributed by atoms with Crippen LogP contribution in [0, 0.1) is 11.8 Å². The van der Waals surface area contributed by atoms with Gasteiger partial charge in [-0.15, -0.1) is 0 Å². The lowest BCUT2D eigenvalue weighted by atomic mass is 9.30. The van der Waals surface area contributed by atoms with E-state index in [1.54, 1.807) is 0 Å². The summed E-state index contributed by atoms with van der Waals surface area (Å²) in [5.41, 5.74) is 40.2. The highest BCUT2D eigenvalue weighted by Crippen LogP contribution is 2.59. The Kier molecular flexibility index (Phi) is 17.0. The predicted octanol–water partition coefficient (Wildman–Crippen LogP) is 26.2. The van der Waals surface area contributed by atoms with Crippen LogP contribution in [-0.4, -0.2) is 25.5 Å². The minimum Gasteiger partial charge on any atom is -0.458 e. The van der Waals surface area contributed by atoms with Crippen molar-refractivity contribution >= 4 is 103 Å². The van der Waals surface area contributed by atoms with E-state index in [4.69, 9.17) is 4.74 Å². The van der Waals surface area contributed by atoms with Crippen LogP contribution in [0.3, 0.4) is 0 Å². The van der Waals surface area contributed by atoms with Gasteiger partial charge in [0.05, 0.1) is 17.1 Å². The Morgan fingerprint density at radius 3 is 0.893 bits per heavy atom. The fraction of sp³-hybridized carbons (Fsp3) is 0.113. The monoisotopic (exact) mass is 1560 g/mol. The Morgan fingerprint density at radius 1 is 0.246 bits per heavy atom. The number of rotatable bonds is 13. The summed E-state index contributed by atoms with van der Waals surface area (Å²) >= 11 is 0. The van der Waals surface area contributed by atoms with Crippen LogP contribution < -0.4 is 57.1 Å². The van der Waals surface area contributed by atoms with E-state index in [1.165, 1.54) is 81.8 Å². The van der Waals surface area contributed by atoms with Crippen LogP contribution in [0.25, 0.3) is 100 Å². The molecule has 0 unspecified atom stereocenters. The molecule has 0 radical (unpaired) electrons. The van der Waals surface area contributed by atoms with Crippen molar-refractivity contribution in [2.75, 3.05) is 19.6 Å². The molecule has 25 rings (SSSR count). The lowest BCUT2D eigenvalue weighted by Crippen LogP contribution is -2.64. The van der Waals surface area contributed by atoms with Gasteiger partial charge in [0, 0.05) is 97.4 Å². The van der Waals surface area contributed by atoms with Gasteiger partial charge in [-0.3, -0.25) is 0 Å². The number of fused-ring (bicyclic) bond motifs is 8. The minimum atomic E-state index is -0.347. The van der Waals surface area contributed by atoms with Crippen molar-refractivity contribution in [3.63, 3.8) is 0 Å². The summed E-state index contributed by atoms with van der Waals surface area (Å²) in [6, 6.07) is 150. The number of hydrogen-bond donors (Lipinski definition) is 0. The average Bonchev–Trinajstić information content (AvgIpc) is 0.679. The van der Waals surface area contributed by atoms with E-state index in [0.29, 0.717) is 12.1 Å². The average molecular weight is 1560 g/mol. The number of nitrogens with zero attached hydrogens (tertiary/aromatic N) is 4. The predicted molar refractivity (Wildman–Crippen MR) is 514 cm³/mol. The molecule has 5 nitrogen and oxygen atoms in total. The smallest absolute Gasteiger partial charge is 0.256 e. The van der Waals surface area contributed by atoms with E-state index >= 15 is 0 Å². The van der Waals surface area contributed by atoms with Crippen molar-refractivity contribution in [3.8, 4) is 112 Å². The summed E-state index contributed by atoms with van der Waals surface area (Å²) in [4.78, 5) is 11.0. The molecule has 2 saturated heterocycles. The van der Waals surface area contributed by atoms with Gasteiger partial charge < -0.3 is 24.3 Å². The maximum atomic E-state index is 8.35.